The van der Waals surface area contributed by atoms with Crippen LogP contribution in [0.15, 0.2) is 40.9 Å². The fourth-order valence-electron chi connectivity index (χ4n) is 2.40. The first-order chi connectivity index (χ1) is 10.6. The lowest BCUT2D eigenvalue weighted by Crippen LogP contribution is -2.31. The molecule has 6 heteroatoms. The zero-order valence-corrected chi connectivity index (χ0v) is 13.8. The van der Waals surface area contributed by atoms with E-state index in [4.69, 9.17) is 4.74 Å². The number of halogens is 1. The van der Waals surface area contributed by atoms with Gasteiger partial charge in [0.15, 0.2) is 0 Å². The summed E-state index contributed by atoms with van der Waals surface area (Å²) in [5.74, 6) is 0.544. The molecule has 1 fully saturated rings. The van der Waals surface area contributed by atoms with Crippen molar-refractivity contribution >= 4 is 21.8 Å². The number of hydrogen-bond acceptors (Lipinski definition) is 4. The first-order valence-electron chi connectivity index (χ1n) is 7.13. The molecule has 1 aliphatic rings. The minimum absolute atomic E-state index is 0.0311. The van der Waals surface area contributed by atoms with Crippen LogP contribution in [0.4, 0.5) is 0 Å². The number of likely N-dealkylation sites (tertiary alicyclic amines) is 1. The zero-order valence-electron chi connectivity index (χ0n) is 12.2. The minimum atomic E-state index is -0.0311. The number of aromatic nitrogens is 2. The summed E-state index contributed by atoms with van der Waals surface area (Å²) in [5.41, 5.74) is 1.55. The quantitative estimate of drug-likeness (QED) is 0.843. The average Bonchev–Trinajstić information content (AvgIpc) is 2.98. The maximum Gasteiger partial charge on any atom is 0.253 e. The molecule has 3 rings (SSSR count). The van der Waals surface area contributed by atoms with E-state index < -0.39 is 0 Å². The molecule has 1 aliphatic heterocycles. The Morgan fingerprint density at radius 3 is 2.68 bits per heavy atom. The largest absolute Gasteiger partial charge is 0.471 e. The van der Waals surface area contributed by atoms with Gasteiger partial charge >= 0.3 is 0 Å². The van der Waals surface area contributed by atoms with Crippen LogP contribution < -0.4 is 4.74 Å². The second-order valence-corrected chi connectivity index (χ2v) is 6.22. The van der Waals surface area contributed by atoms with E-state index in [1.165, 1.54) is 0 Å². The molecule has 0 saturated carbocycles. The van der Waals surface area contributed by atoms with Crippen molar-refractivity contribution in [2.24, 2.45) is 0 Å². The molecule has 1 amide bonds. The van der Waals surface area contributed by atoms with Gasteiger partial charge in [0.05, 0.1) is 12.2 Å². The van der Waals surface area contributed by atoms with Gasteiger partial charge in [-0.05, 0) is 37.3 Å². The molecule has 5 nitrogen and oxygen atoms in total. The van der Waals surface area contributed by atoms with Crippen molar-refractivity contribution in [2.45, 2.75) is 19.4 Å². The summed E-state index contributed by atoms with van der Waals surface area (Å²) in [5, 5.41) is 7.97. The zero-order chi connectivity index (χ0) is 15.5. The summed E-state index contributed by atoms with van der Waals surface area (Å²) < 4.78 is 6.75. The van der Waals surface area contributed by atoms with E-state index in [9.17, 15) is 4.79 Å². The lowest BCUT2D eigenvalue weighted by Gasteiger charge is -2.17. The van der Waals surface area contributed by atoms with Crippen molar-refractivity contribution in [3.63, 3.8) is 0 Å². The Labute approximate surface area is 137 Å². The number of hydrogen-bond donors (Lipinski definition) is 0. The molecule has 22 heavy (non-hydrogen) atoms. The molecule has 0 radical (unpaired) electrons. The van der Waals surface area contributed by atoms with E-state index in [0.29, 0.717) is 24.5 Å². The van der Waals surface area contributed by atoms with Crippen LogP contribution in [0, 0.1) is 6.92 Å². The van der Waals surface area contributed by atoms with Crippen molar-refractivity contribution in [3.8, 4) is 5.88 Å². The lowest BCUT2D eigenvalue weighted by molar-refractivity contribution is 0.0771. The van der Waals surface area contributed by atoms with Gasteiger partial charge in [-0.3, -0.25) is 4.79 Å². The molecule has 0 N–H and O–H groups in total. The summed E-state index contributed by atoms with van der Waals surface area (Å²) in [4.78, 5) is 14.2. The molecule has 0 spiro atoms. The van der Waals surface area contributed by atoms with Gasteiger partial charge in [-0.2, -0.15) is 5.10 Å². The van der Waals surface area contributed by atoms with Crippen molar-refractivity contribution < 1.29 is 9.53 Å². The predicted octanol–water partition coefficient (Wildman–Crippen LogP) is 2.84. The number of carbonyl (C=O) groups is 1. The summed E-state index contributed by atoms with van der Waals surface area (Å²) in [6.07, 6.45) is 0.772. The van der Waals surface area contributed by atoms with Gasteiger partial charge in [0, 0.05) is 29.1 Å². The standard InChI is InChI=1S/C16H16BrN3O2/c1-11-2-7-15(19-18-11)22-14-8-9-20(10-14)16(21)12-3-5-13(17)6-4-12/h2-7,14H,8-10H2,1H3. The highest BCUT2D eigenvalue weighted by Crippen LogP contribution is 2.19. The van der Waals surface area contributed by atoms with Gasteiger partial charge in [0.25, 0.3) is 5.91 Å². The fraction of sp³-hybridized carbons (Fsp3) is 0.312. The van der Waals surface area contributed by atoms with Crippen LogP contribution in [-0.2, 0) is 0 Å². The molecule has 114 valence electrons. The lowest BCUT2D eigenvalue weighted by atomic mass is 10.2. The number of ether oxygens (including phenoxy) is 1. The summed E-state index contributed by atoms with van der Waals surface area (Å²) in [6.45, 7) is 3.15. The highest BCUT2D eigenvalue weighted by molar-refractivity contribution is 9.10. The maximum atomic E-state index is 12.4. The average molecular weight is 362 g/mol. The minimum Gasteiger partial charge on any atom is -0.471 e. The fourth-order valence-corrected chi connectivity index (χ4v) is 2.67. The number of benzene rings is 1. The second kappa shape index (κ2) is 6.44. The normalized spacial score (nSPS) is 17.5. The van der Waals surface area contributed by atoms with E-state index in [-0.39, 0.29) is 12.0 Å². The molecule has 1 aromatic heterocycles. The Morgan fingerprint density at radius 2 is 2.00 bits per heavy atom. The van der Waals surface area contributed by atoms with Crippen LogP contribution in [0.1, 0.15) is 22.5 Å². The van der Waals surface area contributed by atoms with E-state index >= 15 is 0 Å². The number of amides is 1. The molecule has 1 aromatic carbocycles. The first-order valence-corrected chi connectivity index (χ1v) is 7.93. The third-order valence-electron chi connectivity index (χ3n) is 3.58. The van der Waals surface area contributed by atoms with Crippen molar-refractivity contribution in [1.29, 1.82) is 0 Å². The van der Waals surface area contributed by atoms with Crippen LogP contribution in [0.3, 0.4) is 0 Å². The SMILES string of the molecule is Cc1ccc(OC2CCN(C(=O)c3ccc(Br)cc3)C2)nn1. The third kappa shape index (κ3) is 3.44. The van der Waals surface area contributed by atoms with Gasteiger partial charge in [-0.1, -0.05) is 15.9 Å². The van der Waals surface area contributed by atoms with E-state index in [2.05, 4.69) is 26.1 Å². The van der Waals surface area contributed by atoms with Crippen LogP contribution >= 0.6 is 15.9 Å². The Kier molecular flexibility index (Phi) is 4.38. The second-order valence-electron chi connectivity index (χ2n) is 5.30. The van der Waals surface area contributed by atoms with Gasteiger partial charge in [-0.15, -0.1) is 5.10 Å². The summed E-state index contributed by atoms with van der Waals surface area (Å²) in [7, 11) is 0. The monoisotopic (exact) mass is 361 g/mol. The Morgan fingerprint density at radius 1 is 1.23 bits per heavy atom. The molecule has 0 bridgehead atoms. The number of rotatable bonds is 3. The Hall–Kier alpha value is -1.95. The van der Waals surface area contributed by atoms with E-state index in [1.807, 2.05) is 48.2 Å². The number of carbonyl (C=O) groups excluding carboxylic acids is 1. The van der Waals surface area contributed by atoms with Crippen molar-refractivity contribution in [2.75, 3.05) is 13.1 Å². The maximum absolute atomic E-state index is 12.4. The number of nitrogens with zero attached hydrogens (tertiary/aromatic N) is 3. The summed E-state index contributed by atoms with van der Waals surface area (Å²) >= 11 is 3.37. The topological polar surface area (TPSA) is 55.3 Å². The predicted molar refractivity (Wildman–Crippen MR) is 85.8 cm³/mol. The molecule has 1 unspecified atom stereocenters. The van der Waals surface area contributed by atoms with Gasteiger partial charge in [0.2, 0.25) is 5.88 Å². The molecule has 2 heterocycles. The molecule has 0 aliphatic carbocycles. The van der Waals surface area contributed by atoms with Crippen molar-refractivity contribution in [3.05, 3.63) is 52.1 Å². The summed E-state index contributed by atoms with van der Waals surface area (Å²) in [6, 6.07) is 11.1. The van der Waals surface area contributed by atoms with Gasteiger partial charge in [0.1, 0.15) is 6.10 Å². The first kappa shape index (κ1) is 15.0. The van der Waals surface area contributed by atoms with Crippen LogP contribution in [0.5, 0.6) is 5.88 Å². The Balaban J connectivity index is 1.61. The molecular formula is C16H16BrN3O2. The molecular weight excluding hydrogens is 346 g/mol. The van der Waals surface area contributed by atoms with Gasteiger partial charge < -0.3 is 9.64 Å². The van der Waals surface area contributed by atoms with Crippen LogP contribution in [0.25, 0.3) is 0 Å². The molecule has 2 aromatic rings. The van der Waals surface area contributed by atoms with Crippen LogP contribution in [-0.4, -0.2) is 40.2 Å². The molecule has 1 saturated heterocycles. The van der Waals surface area contributed by atoms with E-state index in [1.54, 1.807) is 0 Å². The van der Waals surface area contributed by atoms with Gasteiger partial charge in [-0.25, -0.2) is 0 Å². The highest BCUT2D eigenvalue weighted by Gasteiger charge is 2.28. The van der Waals surface area contributed by atoms with Crippen molar-refractivity contribution in [1.82, 2.24) is 15.1 Å². The Bertz CT molecular complexity index is 658. The third-order valence-corrected chi connectivity index (χ3v) is 4.11. The molecule has 1 atom stereocenters. The number of aryl methyl sites for hydroxylation is 1. The highest BCUT2D eigenvalue weighted by atomic mass is 79.9. The van der Waals surface area contributed by atoms with E-state index in [0.717, 1.165) is 16.6 Å². The van der Waals surface area contributed by atoms with Crippen LogP contribution in [0.2, 0.25) is 0 Å². The smallest absolute Gasteiger partial charge is 0.253 e.